The van der Waals surface area contributed by atoms with E-state index in [9.17, 15) is 0 Å². The Morgan fingerprint density at radius 1 is 1.54 bits per heavy atom. The summed E-state index contributed by atoms with van der Waals surface area (Å²) in [4.78, 5) is 0. The maximum absolute atomic E-state index is 5.03. The smallest absolute Gasteiger partial charge is 0.0641 e. The molecule has 0 aliphatic rings. The van der Waals surface area contributed by atoms with Gasteiger partial charge in [0.05, 0.1) is 6.61 Å². The lowest BCUT2D eigenvalue weighted by atomic mass is 10.4. The number of ether oxygens (including phenoxy) is 1. The molecule has 0 amide bonds. The quantitative estimate of drug-likeness (QED) is 0.716. The normalized spacial score (nSPS) is 10.6. The Morgan fingerprint density at radius 3 is 3.08 bits per heavy atom. The van der Waals surface area contributed by atoms with E-state index in [0.29, 0.717) is 0 Å². The van der Waals surface area contributed by atoms with Crippen molar-refractivity contribution in [2.24, 2.45) is 0 Å². The summed E-state index contributed by atoms with van der Waals surface area (Å²) in [5.74, 6) is 0. The van der Waals surface area contributed by atoms with Gasteiger partial charge in [-0.25, -0.2) is 0 Å². The van der Waals surface area contributed by atoms with Gasteiger partial charge < -0.3 is 14.6 Å². The number of methoxy groups -OCH3 is 1. The minimum Gasteiger partial charge on any atom is -0.383 e. The summed E-state index contributed by atoms with van der Waals surface area (Å²) < 4.78 is 7.25. The third kappa shape index (κ3) is 3.20. The average Bonchev–Trinajstić information content (AvgIpc) is 2.59. The van der Waals surface area contributed by atoms with Crippen molar-refractivity contribution in [3.63, 3.8) is 0 Å². The highest BCUT2D eigenvalue weighted by Crippen LogP contribution is 2.01. The molecule has 74 valence electrons. The molecule has 1 aromatic heterocycles. The van der Waals surface area contributed by atoms with Crippen LogP contribution in [-0.2, 0) is 17.8 Å². The van der Waals surface area contributed by atoms with E-state index in [-0.39, 0.29) is 0 Å². The highest BCUT2D eigenvalue weighted by Gasteiger charge is 1.98. The molecule has 0 aliphatic carbocycles. The van der Waals surface area contributed by atoms with E-state index in [1.165, 1.54) is 5.69 Å². The van der Waals surface area contributed by atoms with Crippen LogP contribution in [0.2, 0.25) is 0 Å². The summed E-state index contributed by atoms with van der Waals surface area (Å²) >= 11 is 0. The number of aromatic nitrogens is 1. The molecule has 0 saturated carbocycles. The maximum atomic E-state index is 5.03. The van der Waals surface area contributed by atoms with Crippen LogP contribution in [0.1, 0.15) is 12.6 Å². The van der Waals surface area contributed by atoms with E-state index in [0.717, 1.165) is 26.2 Å². The molecule has 0 saturated heterocycles. The van der Waals surface area contributed by atoms with E-state index >= 15 is 0 Å². The largest absolute Gasteiger partial charge is 0.383 e. The second kappa shape index (κ2) is 5.78. The predicted octanol–water partition coefficient (Wildman–Crippen LogP) is 1.24. The van der Waals surface area contributed by atoms with Crippen LogP contribution < -0.4 is 5.32 Å². The number of nitrogens with zero attached hydrogens (tertiary/aromatic N) is 1. The molecule has 0 spiro atoms. The van der Waals surface area contributed by atoms with Crippen molar-refractivity contribution in [3.8, 4) is 0 Å². The van der Waals surface area contributed by atoms with Gasteiger partial charge in [-0.05, 0) is 18.7 Å². The van der Waals surface area contributed by atoms with Crippen LogP contribution in [0.5, 0.6) is 0 Å². The fourth-order valence-corrected chi connectivity index (χ4v) is 1.27. The Morgan fingerprint density at radius 2 is 2.38 bits per heavy atom. The van der Waals surface area contributed by atoms with E-state index in [1.54, 1.807) is 7.11 Å². The van der Waals surface area contributed by atoms with Crippen molar-refractivity contribution >= 4 is 0 Å². The van der Waals surface area contributed by atoms with Gasteiger partial charge in [-0.15, -0.1) is 0 Å². The van der Waals surface area contributed by atoms with Gasteiger partial charge in [0.25, 0.3) is 0 Å². The second-order valence-electron chi connectivity index (χ2n) is 2.97. The molecule has 0 bridgehead atoms. The number of hydrogen-bond acceptors (Lipinski definition) is 2. The van der Waals surface area contributed by atoms with Crippen molar-refractivity contribution in [1.82, 2.24) is 9.88 Å². The molecule has 3 nitrogen and oxygen atoms in total. The average molecular weight is 182 g/mol. The Bertz CT molecular complexity index is 210. The Balaban J connectivity index is 2.45. The molecule has 1 heterocycles. The van der Waals surface area contributed by atoms with Crippen LogP contribution in [0.25, 0.3) is 0 Å². The topological polar surface area (TPSA) is 26.2 Å². The molecular formula is C10H18N2O. The highest BCUT2D eigenvalue weighted by atomic mass is 16.5. The summed E-state index contributed by atoms with van der Waals surface area (Å²) in [6.07, 6.45) is 2.09. The zero-order valence-corrected chi connectivity index (χ0v) is 8.42. The first-order chi connectivity index (χ1) is 6.38. The molecule has 0 unspecified atom stereocenters. The SMILES string of the molecule is CCNCc1cccn1CCOC. The van der Waals surface area contributed by atoms with Gasteiger partial charge in [0.2, 0.25) is 0 Å². The van der Waals surface area contributed by atoms with Crippen molar-refractivity contribution in [3.05, 3.63) is 24.0 Å². The van der Waals surface area contributed by atoms with Crippen molar-refractivity contribution < 1.29 is 4.74 Å². The Hall–Kier alpha value is -0.800. The van der Waals surface area contributed by atoms with E-state index < -0.39 is 0 Å². The lowest BCUT2D eigenvalue weighted by molar-refractivity contribution is 0.186. The van der Waals surface area contributed by atoms with E-state index in [1.807, 2.05) is 0 Å². The summed E-state index contributed by atoms with van der Waals surface area (Å²) in [5.41, 5.74) is 1.32. The molecule has 1 aromatic rings. The third-order valence-electron chi connectivity index (χ3n) is 2.02. The first-order valence-electron chi connectivity index (χ1n) is 4.72. The number of nitrogens with one attached hydrogen (secondary N) is 1. The molecule has 0 atom stereocenters. The molecule has 0 aliphatic heterocycles. The predicted molar refractivity (Wildman–Crippen MR) is 53.7 cm³/mol. The summed E-state index contributed by atoms with van der Waals surface area (Å²) in [6.45, 7) is 5.77. The third-order valence-corrected chi connectivity index (χ3v) is 2.02. The molecule has 1 rings (SSSR count). The van der Waals surface area contributed by atoms with Crippen molar-refractivity contribution in [2.45, 2.75) is 20.0 Å². The first-order valence-corrected chi connectivity index (χ1v) is 4.72. The van der Waals surface area contributed by atoms with Gasteiger partial charge in [0, 0.05) is 32.1 Å². The van der Waals surface area contributed by atoms with Crippen LogP contribution >= 0.6 is 0 Å². The first kappa shape index (κ1) is 10.3. The van der Waals surface area contributed by atoms with Crippen LogP contribution in [-0.4, -0.2) is 24.8 Å². The molecule has 13 heavy (non-hydrogen) atoms. The highest BCUT2D eigenvalue weighted by molar-refractivity contribution is 5.06. The second-order valence-corrected chi connectivity index (χ2v) is 2.97. The molecule has 0 fully saturated rings. The minimum atomic E-state index is 0.772. The Kier molecular flexibility index (Phi) is 4.57. The van der Waals surface area contributed by atoms with Gasteiger partial charge in [-0.3, -0.25) is 0 Å². The number of hydrogen-bond donors (Lipinski definition) is 1. The fraction of sp³-hybridized carbons (Fsp3) is 0.600. The monoisotopic (exact) mass is 182 g/mol. The summed E-state index contributed by atoms with van der Waals surface area (Å²) in [6, 6.07) is 4.21. The number of rotatable bonds is 6. The Labute approximate surface area is 79.7 Å². The standard InChI is InChI=1S/C10H18N2O/c1-3-11-9-10-5-4-6-12(10)7-8-13-2/h4-6,11H,3,7-9H2,1-2H3. The zero-order chi connectivity index (χ0) is 9.52. The summed E-state index contributed by atoms with van der Waals surface area (Å²) in [5, 5.41) is 3.31. The van der Waals surface area contributed by atoms with Gasteiger partial charge in [-0.1, -0.05) is 6.92 Å². The zero-order valence-electron chi connectivity index (χ0n) is 8.42. The summed E-state index contributed by atoms with van der Waals surface area (Å²) in [7, 11) is 1.73. The molecule has 3 heteroatoms. The minimum absolute atomic E-state index is 0.772. The van der Waals surface area contributed by atoms with Gasteiger partial charge in [-0.2, -0.15) is 0 Å². The van der Waals surface area contributed by atoms with Crippen molar-refractivity contribution in [1.29, 1.82) is 0 Å². The van der Waals surface area contributed by atoms with E-state index in [2.05, 4.69) is 35.1 Å². The van der Waals surface area contributed by atoms with Gasteiger partial charge >= 0.3 is 0 Å². The molecule has 0 radical (unpaired) electrons. The lowest BCUT2D eigenvalue weighted by Gasteiger charge is -2.08. The van der Waals surface area contributed by atoms with Crippen LogP contribution in [0, 0.1) is 0 Å². The van der Waals surface area contributed by atoms with Crippen LogP contribution in [0.15, 0.2) is 18.3 Å². The van der Waals surface area contributed by atoms with Crippen LogP contribution in [0.3, 0.4) is 0 Å². The van der Waals surface area contributed by atoms with Crippen molar-refractivity contribution in [2.75, 3.05) is 20.3 Å². The fourth-order valence-electron chi connectivity index (χ4n) is 1.27. The maximum Gasteiger partial charge on any atom is 0.0641 e. The lowest BCUT2D eigenvalue weighted by Crippen LogP contribution is -2.16. The molecular weight excluding hydrogens is 164 g/mol. The van der Waals surface area contributed by atoms with Gasteiger partial charge in [0.15, 0.2) is 0 Å². The van der Waals surface area contributed by atoms with Crippen LogP contribution in [0.4, 0.5) is 0 Å². The molecule has 1 N–H and O–H groups in total. The van der Waals surface area contributed by atoms with Gasteiger partial charge in [0.1, 0.15) is 0 Å². The molecule has 0 aromatic carbocycles. The van der Waals surface area contributed by atoms with E-state index in [4.69, 9.17) is 4.74 Å².